The van der Waals surface area contributed by atoms with Gasteiger partial charge in [-0.2, -0.15) is 17.0 Å². The molecule has 2 aromatic carbocycles. The minimum atomic E-state index is -0.730. The number of aliphatic hydroxyl groups is 1. The molecule has 5 heteroatoms. The van der Waals surface area contributed by atoms with E-state index < -0.39 is 5.60 Å². The van der Waals surface area contributed by atoms with Crippen LogP contribution in [0.5, 0.6) is 0 Å². The van der Waals surface area contributed by atoms with Gasteiger partial charge in [0.25, 0.3) is 0 Å². The summed E-state index contributed by atoms with van der Waals surface area (Å²) >= 11 is 3.27. The zero-order valence-corrected chi connectivity index (χ0v) is 19.3. The van der Waals surface area contributed by atoms with Gasteiger partial charge in [0, 0.05) is 22.1 Å². The molecule has 0 bridgehead atoms. The van der Waals surface area contributed by atoms with Crippen LogP contribution < -0.4 is 0 Å². The number of aromatic nitrogens is 1. The van der Waals surface area contributed by atoms with Gasteiger partial charge in [-0.1, -0.05) is 73.5 Å². The highest BCUT2D eigenvalue weighted by atomic mass is 32.2. The van der Waals surface area contributed by atoms with Crippen molar-refractivity contribution in [1.29, 1.82) is 5.26 Å². The smallest absolute Gasteiger partial charge is 0.115 e. The van der Waals surface area contributed by atoms with E-state index in [4.69, 9.17) is 4.98 Å². The van der Waals surface area contributed by atoms with E-state index in [-0.39, 0.29) is 5.25 Å². The summed E-state index contributed by atoms with van der Waals surface area (Å²) < 4.78 is 0. The van der Waals surface area contributed by atoms with E-state index in [1.165, 1.54) is 18.2 Å². The molecule has 0 spiro atoms. The molecule has 3 aromatic rings. The first kappa shape index (κ1) is 22.0. The van der Waals surface area contributed by atoms with Crippen molar-refractivity contribution in [3.8, 4) is 28.5 Å². The Bertz CT molecular complexity index is 1070. The Morgan fingerprint density at radius 3 is 2.39 bits per heavy atom. The SMILES string of the molecule is CS[C@H]1CCCC[C@@]1(O)CSc1nc(-c2ccccc2)cc(-c2ccccc2)c1C#N. The molecule has 1 aliphatic rings. The van der Waals surface area contributed by atoms with Crippen molar-refractivity contribution in [2.24, 2.45) is 0 Å². The second-order valence-corrected chi connectivity index (χ2v) is 9.95. The van der Waals surface area contributed by atoms with Gasteiger partial charge >= 0.3 is 0 Å². The zero-order valence-electron chi connectivity index (χ0n) is 17.6. The van der Waals surface area contributed by atoms with Crippen LogP contribution in [0.15, 0.2) is 71.8 Å². The van der Waals surface area contributed by atoms with Crippen LogP contribution in [0.2, 0.25) is 0 Å². The lowest BCUT2D eigenvalue weighted by atomic mass is 9.86. The number of hydrogen-bond donors (Lipinski definition) is 1. The molecule has 1 saturated carbocycles. The van der Waals surface area contributed by atoms with Gasteiger partial charge < -0.3 is 5.11 Å². The number of nitrogens with zero attached hydrogens (tertiary/aromatic N) is 2. The lowest BCUT2D eigenvalue weighted by Crippen LogP contribution is -2.45. The molecule has 0 radical (unpaired) electrons. The summed E-state index contributed by atoms with van der Waals surface area (Å²) in [5.74, 6) is 0.548. The molecule has 0 aliphatic heterocycles. The van der Waals surface area contributed by atoms with E-state index in [0.717, 1.165) is 41.6 Å². The van der Waals surface area contributed by atoms with Crippen molar-refractivity contribution in [1.82, 2.24) is 4.98 Å². The van der Waals surface area contributed by atoms with Gasteiger partial charge in [0.05, 0.1) is 16.9 Å². The molecule has 1 fully saturated rings. The second kappa shape index (κ2) is 9.91. The summed E-state index contributed by atoms with van der Waals surface area (Å²) in [6.45, 7) is 0. The van der Waals surface area contributed by atoms with Gasteiger partial charge in [-0.3, -0.25) is 0 Å². The Labute approximate surface area is 192 Å². The Morgan fingerprint density at radius 2 is 1.74 bits per heavy atom. The first-order chi connectivity index (χ1) is 15.1. The van der Waals surface area contributed by atoms with Gasteiger partial charge in [-0.05, 0) is 30.7 Å². The lowest BCUT2D eigenvalue weighted by Gasteiger charge is -2.38. The Morgan fingerprint density at radius 1 is 1.06 bits per heavy atom. The minimum Gasteiger partial charge on any atom is -0.388 e. The van der Waals surface area contributed by atoms with E-state index in [9.17, 15) is 10.4 Å². The summed E-state index contributed by atoms with van der Waals surface area (Å²) in [6.07, 6.45) is 6.13. The summed E-state index contributed by atoms with van der Waals surface area (Å²) in [4.78, 5) is 4.89. The van der Waals surface area contributed by atoms with Gasteiger partial charge in [0.1, 0.15) is 11.1 Å². The van der Waals surface area contributed by atoms with E-state index in [1.54, 1.807) is 11.8 Å². The number of rotatable bonds is 6. The molecular formula is C26H26N2OS2. The normalized spacial score (nSPS) is 20.9. The predicted molar refractivity (Wildman–Crippen MR) is 131 cm³/mol. The lowest BCUT2D eigenvalue weighted by molar-refractivity contribution is 0.0340. The van der Waals surface area contributed by atoms with Crippen molar-refractivity contribution >= 4 is 23.5 Å². The summed E-state index contributed by atoms with van der Waals surface area (Å²) in [6, 6.07) is 24.5. The van der Waals surface area contributed by atoms with Crippen LogP contribution in [0.1, 0.15) is 31.2 Å². The molecular weight excluding hydrogens is 420 g/mol. The summed E-state index contributed by atoms with van der Waals surface area (Å²) in [5, 5.41) is 22.4. The van der Waals surface area contributed by atoms with Crippen molar-refractivity contribution in [2.75, 3.05) is 12.0 Å². The molecule has 2 atom stereocenters. The van der Waals surface area contributed by atoms with E-state index in [1.807, 2.05) is 66.7 Å². The number of pyridine rings is 1. The molecule has 0 amide bonds. The molecule has 4 rings (SSSR count). The fraction of sp³-hybridized carbons (Fsp3) is 0.308. The average molecular weight is 447 g/mol. The quantitative estimate of drug-likeness (QED) is 0.443. The van der Waals surface area contributed by atoms with Crippen LogP contribution in [0.4, 0.5) is 0 Å². The fourth-order valence-corrected chi connectivity index (χ4v) is 6.57. The molecule has 0 unspecified atom stereocenters. The van der Waals surface area contributed by atoms with Crippen LogP contribution in [-0.2, 0) is 0 Å². The van der Waals surface area contributed by atoms with Crippen LogP contribution in [0.3, 0.4) is 0 Å². The average Bonchev–Trinajstić information content (AvgIpc) is 2.83. The molecule has 1 aromatic heterocycles. The Hall–Kier alpha value is -2.26. The summed E-state index contributed by atoms with van der Waals surface area (Å²) in [7, 11) is 0. The number of thioether (sulfide) groups is 2. The molecule has 1 heterocycles. The minimum absolute atomic E-state index is 0.227. The largest absolute Gasteiger partial charge is 0.388 e. The molecule has 1 N–H and O–H groups in total. The van der Waals surface area contributed by atoms with Crippen molar-refractivity contribution in [2.45, 2.75) is 41.6 Å². The van der Waals surface area contributed by atoms with Crippen LogP contribution in [0.25, 0.3) is 22.4 Å². The third-order valence-corrected chi connectivity index (χ3v) is 8.38. The maximum Gasteiger partial charge on any atom is 0.115 e. The third kappa shape index (κ3) is 4.82. The van der Waals surface area contributed by atoms with E-state index in [0.29, 0.717) is 16.3 Å². The second-order valence-electron chi connectivity index (χ2n) is 7.94. The predicted octanol–water partition coefficient (Wildman–Crippen LogP) is 6.42. The highest BCUT2D eigenvalue weighted by Gasteiger charge is 2.38. The first-order valence-electron chi connectivity index (χ1n) is 10.6. The number of hydrogen-bond acceptors (Lipinski definition) is 5. The van der Waals surface area contributed by atoms with Crippen molar-refractivity contribution in [3.05, 3.63) is 72.3 Å². The molecule has 3 nitrogen and oxygen atoms in total. The van der Waals surface area contributed by atoms with Crippen LogP contribution in [-0.4, -0.2) is 33.0 Å². The molecule has 0 saturated heterocycles. The van der Waals surface area contributed by atoms with Crippen molar-refractivity contribution < 1.29 is 5.11 Å². The standard InChI is InChI=1S/C26H26N2OS2/c1-30-24-14-8-9-15-26(24,29)18-31-25-22(17-27)21(19-10-4-2-5-11-19)16-23(28-25)20-12-6-3-7-13-20/h2-7,10-13,16,24,29H,8-9,14-15,18H2,1H3/t24-,26+/m0/s1. The topological polar surface area (TPSA) is 56.9 Å². The molecule has 1 aliphatic carbocycles. The van der Waals surface area contributed by atoms with Gasteiger partial charge in [0.15, 0.2) is 0 Å². The maximum atomic E-state index is 11.4. The summed E-state index contributed by atoms with van der Waals surface area (Å²) in [5.41, 5.74) is 3.60. The Balaban J connectivity index is 1.76. The van der Waals surface area contributed by atoms with Gasteiger partial charge in [-0.25, -0.2) is 4.98 Å². The molecule has 158 valence electrons. The van der Waals surface area contributed by atoms with E-state index >= 15 is 0 Å². The number of benzene rings is 2. The van der Waals surface area contributed by atoms with Gasteiger partial charge in [0.2, 0.25) is 0 Å². The maximum absolute atomic E-state index is 11.4. The fourth-order valence-electron chi connectivity index (χ4n) is 4.22. The van der Waals surface area contributed by atoms with Crippen molar-refractivity contribution in [3.63, 3.8) is 0 Å². The van der Waals surface area contributed by atoms with Crippen LogP contribution >= 0.6 is 23.5 Å². The molecule has 31 heavy (non-hydrogen) atoms. The van der Waals surface area contributed by atoms with Gasteiger partial charge in [-0.15, -0.1) is 11.8 Å². The third-order valence-electron chi connectivity index (χ3n) is 5.92. The van der Waals surface area contributed by atoms with Crippen LogP contribution in [0, 0.1) is 11.3 Å². The number of nitriles is 1. The van der Waals surface area contributed by atoms with E-state index in [2.05, 4.69) is 12.3 Å². The zero-order chi connectivity index (χ0) is 21.7. The monoisotopic (exact) mass is 446 g/mol. The highest BCUT2D eigenvalue weighted by Crippen LogP contribution is 2.41. The highest BCUT2D eigenvalue weighted by molar-refractivity contribution is 8.00. The Kier molecular flexibility index (Phi) is 7.02. The first-order valence-corrected chi connectivity index (χ1v) is 12.9.